The zero-order valence-corrected chi connectivity index (χ0v) is 14.6. The van der Waals surface area contributed by atoms with Crippen molar-refractivity contribution in [2.24, 2.45) is 0 Å². The van der Waals surface area contributed by atoms with E-state index in [2.05, 4.69) is 0 Å². The Balaban J connectivity index is 1.95. The molecular formula is C20H18O6. The standard InChI is InChI=1S/C20H18O6/c1-11-5-4-6-16(12(11)2)26-18-10-24-17-9-14(25-13(3)20(22)23)7-8-15(17)19(18)21/h4-10,13H,1-3H3,(H,22,23). The maximum absolute atomic E-state index is 12.7. The highest BCUT2D eigenvalue weighted by Gasteiger charge is 2.15. The van der Waals surface area contributed by atoms with Crippen molar-refractivity contribution in [3.63, 3.8) is 0 Å². The van der Waals surface area contributed by atoms with Gasteiger partial charge >= 0.3 is 5.97 Å². The average molecular weight is 354 g/mol. The number of carboxylic acid groups (broad SMARTS) is 1. The van der Waals surface area contributed by atoms with Crippen molar-refractivity contribution >= 4 is 16.9 Å². The number of aliphatic carboxylic acids is 1. The Bertz CT molecular complexity index is 1030. The molecule has 0 bridgehead atoms. The number of fused-ring (bicyclic) bond motifs is 1. The van der Waals surface area contributed by atoms with E-state index in [1.807, 2.05) is 26.0 Å². The molecule has 0 saturated heterocycles. The predicted molar refractivity (Wildman–Crippen MR) is 96.2 cm³/mol. The van der Waals surface area contributed by atoms with Crippen LogP contribution in [0.1, 0.15) is 18.1 Å². The molecule has 3 rings (SSSR count). The highest BCUT2D eigenvalue weighted by molar-refractivity contribution is 5.79. The van der Waals surface area contributed by atoms with Gasteiger partial charge in [0.1, 0.15) is 23.3 Å². The van der Waals surface area contributed by atoms with E-state index in [1.54, 1.807) is 6.07 Å². The van der Waals surface area contributed by atoms with E-state index < -0.39 is 12.1 Å². The van der Waals surface area contributed by atoms with Gasteiger partial charge in [0.2, 0.25) is 11.2 Å². The third-order valence-corrected chi connectivity index (χ3v) is 4.15. The van der Waals surface area contributed by atoms with Crippen LogP contribution in [0.15, 0.2) is 51.9 Å². The molecule has 1 unspecified atom stereocenters. The molecule has 0 aliphatic carbocycles. The summed E-state index contributed by atoms with van der Waals surface area (Å²) >= 11 is 0. The molecule has 0 amide bonds. The van der Waals surface area contributed by atoms with E-state index in [9.17, 15) is 9.59 Å². The highest BCUT2D eigenvalue weighted by Crippen LogP contribution is 2.27. The van der Waals surface area contributed by atoms with E-state index in [1.165, 1.54) is 31.4 Å². The van der Waals surface area contributed by atoms with Crippen molar-refractivity contribution < 1.29 is 23.8 Å². The lowest BCUT2D eigenvalue weighted by atomic mass is 10.1. The zero-order valence-electron chi connectivity index (χ0n) is 14.6. The molecule has 6 heteroatoms. The first kappa shape index (κ1) is 17.5. The highest BCUT2D eigenvalue weighted by atomic mass is 16.5. The summed E-state index contributed by atoms with van der Waals surface area (Å²) in [5.41, 5.74) is 1.98. The van der Waals surface area contributed by atoms with Crippen LogP contribution in [0, 0.1) is 13.8 Å². The Kier molecular flexibility index (Phi) is 4.67. The van der Waals surface area contributed by atoms with Crippen molar-refractivity contribution in [2.75, 3.05) is 0 Å². The third kappa shape index (κ3) is 3.39. The molecule has 6 nitrogen and oxygen atoms in total. The van der Waals surface area contributed by atoms with E-state index in [4.69, 9.17) is 19.0 Å². The third-order valence-electron chi connectivity index (χ3n) is 4.15. The van der Waals surface area contributed by atoms with Gasteiger partial charge in [-0.05, 0) is 50.1 Å². The monoisotopic (exact) mass is 354 g/mol. The Labute approximate surface area is 149 Å². The summed E-state index contributed by atoms with van der Waals surface area (Å²) in [5, 5.41) is 9.23. The lowest BCUT2D eigenvalue weighted by Gasteiger charge is -2.12. The second-order valence-electron chi connectivity index (χ2n) is 5.99. The minimum Gasteiger partial charge on any atom is -0.479 e. The summed E-state index contributed by atoms with van der Waals surface area (Å²) in [6.07, 6.45) is 0.239. The first-order valence-electron chi connectivity index (χ1n) is 8.06. The van der Waals surface area contributed by atoms with Gasteiger partial charge < -0.3 is 19.0 Å². The van der Waals surface area contributed by atoms with Crippen LogP contribution in [0.25, 0.3) is 11.0 Å². The smallest absolute Gasteiger partial charge is 0.344 e. The van der Waals surface area contributed by atoms with Crippen LogP contribution >= 0.6 is 0 Å². The summed E-state index contributed by atoms with van der Waals surface area (Å²) < 4.78 is 16.5. The van der Waals surface area contributed by atoms with Crippen LogP contribution in [0.3, 0.4) is 0 Å². The number of ether oxygens (including phenoxy) is 2. The summed E-state index contributed by atoms with van der Waals surface area (Å²) in [7, 11) is 0. The van der Waals surface area contributed by atoms with E-state index in [0.717, 1.165) is 11.1 Å². The molecule has 26 heavy (non-hydrogen) atoms. The molecule has 3 aromatic rings. The molecule has 134 valence electrons. The molecule has 1 N–H and O–H groups in total. The number of benzene rings is 2. The molecule has 1 atom stereocenters. The lowest BCUT2D eigenvalue weighted by Crippen LogP contribution is -2.22. The van der Waals surface area contributed by atoms with Gasteiger partial charge in [0.25, 0.3) is 0 Å². The number of aryl methyl sites for hydroxylation is 1. The number of rotatable bonds is 5. The summed E-state index contributed by atoms with van der Waals surface area (Å²) in [4.78, 5) is 23.5. The first-order valence-corrected chi connectivity index (χ1v) is 8.06. The maximum atomic E-state index is 12.7. The first-order chi connectivity index (χ1) is 12.4. The molecule has 0 aliphatic heterocycles. The Morgan fingerprint density at radius 1 is 1.15 bits per heavy atom. The predicted octanol–water partition coefficient (Wildman–Crippen LogP) is 4.05. The van der Waals surface area contributed by atoms with Crippen molar-refractivity contribution in [2.45, 2.75) is 26.9 Å². The van der Waals surface area contributed by atoms with Gasteiger partial charge in [-0.3, -0.25) is 4.79 Å². The van der Waals surface area contributed by atoms with E-state index in [0.29, 0.717) is 22.5 Å². The minimum atomic E-state index is -1.08. The SMILES string of the molecule is Cc1cccc(Oc2coc3cc(OC(C)C(=O)O)ccc3c2=O)c1C. The number of carbonyl (C=O) groups is 1. The molecule has 0 radical (unpaired) electrons. The maximum Gasteiger partial charge on any atom is 0.344 e. The Morgan fingerprint density at radius 3 is 2.65 bits per heavy atom. The fourth-order valence-electron chi connectivity index (χ4n) is 2.44. The van der Waals surface area contributed by atoms with Gasteiger partial charge in [-0.2, -0.15) is 0 Å². The summed E-state index contributed by atoms with van der Waals surface area (Å²) in [5.74, 6) is -0.103. The normalized spacial score (nSPS) is 12.0. The topological polar surface area (TPSA) is 86.0 Å². The van der Waals surface area contributed by atoms with Crippen LogP contribution in [-0.4, -0.2) is 17.2 Å². The van der Waals surface area contributed by atoms with Crippen molar-refractivity contribution in [1.29, 1.82) is 0 Å². The van der Waals surface area contributed by atoms with Crippen molar-refractivity contribution in [1.82, 2.24) is 0 Å². The largest absolute Gasteiger partial charge is 0.479 e. The van der Waals surface area contributed by atoms with Crippen LogP contribution in [0.4, 0.5) is 0 Å². The van der Waals surface area contributed by atoms with E-state index in [-0.39, 0.29) is 11.2 Å². The van der Waals surface area contributed by atoms with Gasteiger partial charge in [-0.1, -0.05) is 12.1 Å². The second-order valence-corrected chi connectivity index (χ2v) is 5.99. The molecule has 1 aromatic heterocycles. The van der Waals surface area contributed by atoms with Crippen LogP contribution < -0.4 is 14.9 Å². The van der Waals surface area contributed by atoms with Crippen LogP contribution in [-0.2, 0) is 4.79 Å². The van der Waals surface area contributed by atoms with Gasteiger partial charge in [0.05, 0.1) is 5.39 Å². The Hall–Kier alpha value is -3.28. The van der Waals surface area contributed by atoms with Gasteiger partial charge in [-0.25, -0.2) is 4.79 Å². The molecule has 0 fully saturated rings. The molecule has 2 aromatic carbocycles. The van der Waals surface area contributed by atoms with Gasteiger partial charge in [0.15, 0.2) is 6.10 Å². The zero-order chi connectivity index (χ0) is 18.8. The van der Waals surface area contributed by atoms with Gasteiger partial charge in [0, 0.05) is 6.07 Å². The Morgan fingerprint density at radius 2 is 1.92 bits per heavy atom. The molecule has 0 spiro atoms. The summed E-state index contributed by atoms with van der Waals surface area (Å²) in [6.45, 7) is 5.30. The number of carboxylic acids is 1. The van der Waals surface area contributed by atoms with Crippen LogP contribution in [0.2, 0.25) is 0 Å². The fourth-order valence-corrected chi connectivity index (χ4v) is 2.44. The van der Waals surface area contributed by atoms with Gasteiger partial charge in [-0.15, -0.1) is 0 Å². The fraction of sp³-hybridized carbons (Fsp3) is 0.200. The van der Waals surface area contributed by atoms with Crippen molar-refractivity contribution in [3.8, 4) is 17.2 Å². The molecule has 0 aliphatic rings. The second kappa shape index (κ2) is 6.92. The minimum absolute atomic E-state index is 0.0822. The van der Waals surface area contributed by atoms with E-state index >= 15 is 0 Å². The molecular weight excluding hydrogens is 336 g/mol. The molecule has 1 heterocycles. The molecule has 0 saturated carbocycles. The average Bonchev–Trinajstić information content (AvgIpc) is 2.61. The number of hydrogen-bond acceptors (Lipinski definition) is 5. The quantitative estimate of drug-likeness (QED) is 0.744. The van der Waals surface area contributed by atoms with Crippen LogP contribution in [0.5, 0.6) is 17.2 Å². The van der Waals surface area contributed by atoms with Crippen molar-refractivity contribution in [3.05, 3.63) is 64.0 Å². The number of hydrogen-bond donors (Lipinski definition) is 1. The lowest BCUT2D eigenvalue weighted by molar-refractivity contribution is -0.144. The summed E-state index contributed by atoms with van der Waals surface area (Å²) in [6, 6.07) is 10.1.